The lowest BCUT2D eigenvalue weighted by Crippen LogP contribution is -2.42. The van der Waals surface area contributed by atoms with Gasteiger partial charge in [-0.3, -0.25) is 14.8 Å². The van der Waals surface area contributed by atoms with Crippen molar-refractivity contribution in [1.82, 2.24) is 25.1 Å². The molecule has 2 aliphatic rings. The Morgan fingerprint density at radius 3 is 2.45 bits per heavy atom. The summed E-state index contributed by atoms with van der Waals surface area (Å²) >= 11 is 0. The topological polar surface area (TPSA) is 56.4 Å². The minimum absolute atomic E-state index is 0.827. The van der Waals surface area contributed by atoms with Crippen molar-refractivity contribution in [2.24, 2.45) is 0 Å². The molecule has 6 heteroatoms. The predicted molar refractivity (Wildman–Crippen MR) is 116 cm³/mol. The van der Waals surface area contributed by atoms with Crippen LogP contribution in [0.5, 0.6) is 0 Å². The number of hydrogen-bond acceptors (Lipinski definition) is 5. The highest BCUT2D eigenvalue weighted by atomic mass is 16.5. The molecule has 2 N–H and O–H groups in total. The first-order valence-electron chi connectivity index (χ1n) is 10.6. The molecule has 0 saturated carbocycles. The molecule has 3 aromatic rings. The molecule has 152 valence electrons. The molecule has 0 bridgehead atoms. The number of benzene rings is 1. The Kier molecular flexibility index (Phi) is 5.58. The van der Waals surface area contributed by atoms with E-state index in [1.807, 2.05) is 6.20 Å². The van der Waals surface area contributed by atoms with Gasteiger partial charge in [-0.05, 0) is 17.7 Å². The summed E-state index contributed by atoms with van der Waals surface area (Å²) in [6.45, 7) is 10.0. The van der Waals surface area contributed by atoms with Gasteiger partial charge in [0, 0.05) is 80.7 Å². The number of nitrogens with zero attached hydrogens (tertiary/aromatic N) is 3. The summed E-state index contributed by atoms with van der Waals surface area (Å²) in [7, 11) is 0. The number of hydrogen-bond donors (Lipinski definition) is 2. The van der Waals surface area contributed by atoms with E-state index in [9.17, 15) is 0 Å². The number of H-pyrrole nitrogens is 1. The lowest BCUT2D eigenvalue weighted by molar-refractivity contribution is 0.0337. The van der Waals surface area contributed by atoms with Gasteiger partial charge in [0.25, 0.3) is 0 Å². The monoisotopic (exact) mass is 391 g/mol. The van der Waals surface area contributed by atoms with Crippen molar-refractivity contribution >= 4 is 10.9 Å². The standard InChI is InChI=1S/C23H29N5O/c1-3-19(4-2-18(1)16-27-9-7-24-8-10-27)23-21-15-20(26-22(21)5-6-25-23)17-28-11-13-29-14-12-28/h1-6,15,24,26H,7-14,16-17H2. The Balaban J connectivity index is 1.35. The van der Waals surface area contributed by atoms with Crippen LogP contribution < -0.4 is 5.32 Å². The predicted octanol–water partition coefficient (Wildman–Crippen LogP) is 2.47. The zero-order chi connectivity index (χ0) is 19.5. The molecule has 0 amide bonds. The summed E-state index contributed by atoms with van der Waals surface area (Å²) in [5, 5.41) is 4.61. The average Bonchev–Trinajstić information content (AvgIpc) is 3.18. The van der Waals surface area contributed by atoms with E-state index >= 15 is 0 Å². The van der Waals surface area contributed by atoms with Gasteiger partial charge in [0.15, 0.2) is 0 Å². The van der Waals surface area contributed by atoms with E-state index in [0.717, 1.165) is 76.8 Å². The summed E-state index contributed by atoms with van der Waals surface area (Å²) in [5.74, 6) is 0. The maximum atomic E-state index is 5.46. The SMILES string of the molecule is c1cc2[nH]c(CN3CCOCC3)cc2c(-c2ccc(CN3CCNCC3)cc2)n1. The second-order valence-electron chi connectivity index (χ2n) is 8.03. The van der Waals surface area contributed by atoms with Crippen molar-refractivity contribution in [3.63, 3.8) is 0 Å². The molecule has 0 atom stereocenters. The fourth-order valence-electron chi connectivity index (χ4n) is 4.32. The summed E-state index contributed by atoms with van der Waals surface area (Å²) < 4.78 is 5.46. The third kappa shape index (κ3) is 4.36. The molecule has 29 heavy (non-hydrogen) atoms. The lowest BCUT2D eigenvalue weighted by Gasteiger charge is -2.27. The van der Waals surface area contributed by atoms with Gasteiger partial charge in [0.2, 0.25) is 0 Å². The maximum absolute atomic E-state index is 5.46. The molecule has 6 nitrogen and oxygen atoms in total. The lowest BCUT2D eigenvalue weighted by atomic mass is 10.1. The number of piperazine rings is 1. The molecule has 0 aliphatic carbocycles. The number of ether oxygens (including phenoxy) is 1. The Hall–Kier alpha value is -2.25. The van der Waals surface area contributed by atoms with Crippen LogP contribution in [0.15, 0.2) is 42.6 Å². The van der Waals surface area contributed by atoms with E-state index < -0.39 is 0 Å². The van der Waals surface area contributed by atoms with E-state index in [1.165, 1.54) is 22.2 Å². The summed E-state index contributed by atoms with van der Waals surface area (Å²) in [4.78, 5) is 13.2. The quantitative estimate of drug-likeness (QED) is 0.700. The van der Waals surface area contributed by atoms with Crippen molar-refractivity contribution < 1.29 is 4.74 Å². The van der Waals surface area contributed by atoms with Crippen LogP contribution in [0.2, 0.25) is 0 Å². The van der Waals surface area contributed by atoms with Gasteiger partial charge in [0.1, 0.15) is 0 Å². The zero-order valence-corrected chi connectivity index (χ0v) is 16.9. The van der Waals surface area contributed by atoms with Gasteiger partial charge in [-0.25, -0.2) is 0 Å². The summed E-state index contributed by atoms with van der Waals surface area (Å²) in [6, 6.07) is 13.3. The molecule has 2 aromatic heterocycles. The van der Waals surface area contributed by atoms with Crippen LogP contribution in [0, 0.1) is 0 Å². The van der Waals surface area contributed by atoms with Crippen molar-refractivity contribution in [2.45, 2.75) is 13.1 Å². The van der Waals surface area contributed by atoms with E-state index in [2.05, 4.69) is 56.5 Å². The highest BCUT2D eigenvalue weighted by Gasteiger charge is 2.14. The van der Waals surface area contributed by atoms with E-state index in [4.69, 9.17) is 9.72 Å². The molecule has 2 saturated heterocycles. The van der Waals surface area contributed by atoms with Crippen molar-refractivity contribution in [3.05, 3.63) is 53.9 Å². The number of fused-ring (bicyclic) bond motifs is 1. The van der Waals surface area contributed by atoms with Crippen LogP contribution in [0.25, 0.3) is 22.2 Å². The molecular weight excluding hydrogens is 362 g/mol. The smallest absolute Gasteiger partial charge is 0.0795 e. The molecule has 4 heterocycles. The van der Waals surface area contributed by atoms with Crippen LogP contribution in [-0.2, 0) is 17.8 Å². The number of morpholine rings is 1. The fraction of sp³-hybridized carbons (Fsp3) is 0.435. The Morgan fingerprint density at radius 2 is 1.66 bits per heavy atom. The first-order valence-corrected chi connectivity index (χ1v) is 10.6. The molecule has 0 spiro atoms. The molecule has 0 radical (unpaired) electrons. The minimum Gasteiger partial charge on any atom is -0.379 e. The van der Waals surface area contributed by atoms with Gasteiger partial charge in [-0.2, -0.15) is 0 Å². The summed E-state index contributed by atoms with van der Waals surface area (Å²) in [5.41, 5.74) is 6.00. The number of nitrogens with one attached hydrogen (secondary N) is 2. The first kappa shape index (κ1) is 18.8. The number of rotatable bonds is 5. The number of pyridine rings is 1. The van der Waals surface area contributed by atoms with Gasteiger partial charge in [-0.15, -0.1) is 0 Å². The second kappa shape index (κ2) is 8.63. The van der Waals surface area contributed by atoms with E-state index in [1.54, 1.807) is 0 Å². The highest BCUT2D eigenvalue weighted by Crippen LogP contribution is 2.28. The Bertz CT molecular complexity index is 940. The van der Waals surface area contributed by atoms with Gasteiger partial charge < -0.3 is 15.0 Å². The van der Waals surface area contributed by atoms with Crippen LogP contribution >= 0.6 is 0 Å². The Morgan fingerprint density at radius 1 is 0.897 bits per heavy atom. The van der Waals surface area contributed by atoms with E-state index in [0.29, 0.717) is 0 Å². The van der Waals surface area contributed by atoms with Crippen molar-refractivity contribution in [3.8, 4) is 11.3 Å². The molecule has 2 fully saturated rings. The number of aromatic nitrogens is 2. The van der Waals surface area contributed by atoms with Crippen molar-refractivity contribution in [1.29, 1.82) is 0 Å². The Labute approximate surface area is 171 Å². The van der Waals surface area contributed by atoms with Crippen molar-refractivity contribution in [2.75, 3.05) is 52.5 Å². The summed E-state index contributed by atoms with van der Waals surface area (Å²) in [6.07, 6.45) is 1.90. The fourth-order valence-corrected chi connectivity index (χ4v) is 4.32. The second-order valence-corrected chi connectivity index (χ2v) is 8.03. The molecule has 5 rings (SSSR count). The molecule has 1 aromatic carbocycles. The van der Waals surface area contributed by atoms with Crippen LogP contribution in [0.4, 0.5) is 0 Å². The van der Waals surface area contributed by atoms with Gasteiger partial charge >= 0.3 is 0 Å². The minimum atomic E-state index is 0.827. The third-order valence-electron chi connectivity index (χ3n) is 5.94. The molecule has 2 aliphatic heterocycles. The zero-order valence-electron chi connectivity index (χ0n) is 16.9. The van der Waals surface area contributed by atoms with Gasteiger partial charge in [0.05, 0.1) is 18.9 Å². The first-order chi connectivity index (χ1) is 14.3. The average molecular weight is 392 g/mol. The normalized spacial score (nSPS) is 19.0. The maximum Gasteiger partial charge on any atom is 0.0795 e. The molecule has 0 unspecified atom stereocenters. The molecular formula is C23H29N5O. The van der Waals surface area contributed by atoms with E-state index in [-0.39, 0.29) is 0 Å². The van der Waals surface area contributed by atoms with Crippen LogP contribution in [0.3, 0.4) is 0 Å². The largest absolute Gasteiger partial charge is 0.379 e. The van der Waals surface area contributed by atoms with Crippen LogP contribution in [-0.4, -0.2) is 72.3 Å². The number of aromatic amines is 1. The highest BCUT2D eigenvalue weighted by molar-refractivity contribution is 5.93. The van der Waals surface area contributed by atoms with Crippen LogP contribution in [0.1, 0.15) is 11.3 Å². The van der Waals surface area contributed by atoms with Gasteiger partial charge in [-0.1, -0.05) is 24.3 Å². The third-order valence-corrected chi connectivity index (χ3v) is 5.94.